The van der Waals surface area contributed by atoms with E-state index in [0.717, 1.165) is 0 Å². The Kier molecular flexibility index (Phi) is 12.3. The van der Waals surface area contributed by atoms with E-state index in [2.05, 4.69) is 52.0 Å². The smallest absolute Gasteiger partial charge is 0.0860 e. The molecule has 2 heterocycles. The minimum absolute atomic E-state index is 0. The molecule has 0 atom stereocenters. The summed E-state index contributed by atoms with van der Waals surface area (Å²) in [4.78, 5) is 0. The fraction of sp³-hybridized carbons (Fsp3) is 0.636. The molecule has 4 rings (SSSR count). The Morgan fingerprint density at radius 3 is 1.19 bits per heavy atom. The van der Waals surface area contributed by atoms with Crippen LogP contribution in [0.15, 0.2) is 45.8 Å². The van der Waals surface area contributed by atoms with Crippen LogP contribution in [0.1, 0.15) is 53.4 Å². The molecule has 0 N–H and O–H groups in total. The first-order valence-electron chi connectivity index (χ1n) is 10.3. The van der Waals surface area contributed by atoms with Gasteiger partial charge in [0, 0.05) is 25.8 Å². The van der Waals surface area contributed by atoms with Gasteiger partial charge in [0.25, 0.3) is 0 Å². The Hall–Kier alpha value is 0.844. The molecular formula is C22H36Cl2HfSi2-2. The Balaban J connectivity index is 0.000000451. The first-order valence-corrected chi connectivity index (χ1v) is 15.5. The average molecular weight is 606 g/mol. The Bertz CT molecular complexity index is 547. The van der Waals surface area contributed by atoms with E-state index in [4.69, 9.17) is 0 Å². The van der Waals surface area contributed by atoms with Crippen molar-refractivity contribution in [3.8, 4) is 0 Å². The van der Waals surface area contributed by atoms with Crippen molar-refractivity contribution in [3.63, 3.8) is 0 Å². The van der Waals surface area contributed by atoms with E-state index in [1.54, 1.807) is 45.7 Å². The van der Waals surface area contributed by atoms with Crippen molar-refractivity contribution in [1.82, 2.24) is 0 Å². The summed E-state index contributed by atoms with van der Waals surface area (Å²) in [5.74, 6) is 0. The van der Waals surface area contributed by atoms with Crippen LogP contribution in [0.3, 0.4) is 0 Å². The van der Waals surface area contributed by atoms with E-state index in [1.165, 1.54) is 37.8 Å². The summed E-state index contributed by atoms with van der Waals surface area (Å²) >= 11 is 0. The van der Waals surface area contributed by atoms with Gasteiger partial charge in [0.05, 0.1) is 16.1 Å². The molecule has 0 unspecified atom stereocenters. The van der Waals surface area contributed by atoms with Crippen molar-refractivity contribution in [2.24, 2.45) is 0 Å². The molecule has 0 aromatic carbocycles. The van der Waals surface area contributed by atoms with Crippen LogP contribution >= 0.6 is 0 Å². The maximum atomic E-state index is 2.50. The van der Waals surface area contributed by atoms with E-state index >= 15 is 0 Å². The van der Waals surface area contributed by atoms with E-state index in [1.807, 2.05) is 0 Å². The molecule has 2 aliphatic heterocycles. The molecule has 0 amide bonds. The fourth-order valence-electron chi connectivity index (χ4n) is 4.95. The van der Waals surface area contributed by atoms with Crippen molar-refractivity contribution in [1.29, 1.82) is 0 Å². The third kappa shape index (κ3) is 5.93. The predicted octanol–water partition coefficient (Wildman–Crippen LogP) is 1.35. The minimum atomic E-state index is -0.841. The van der Waals surface area contributed by atoms with Gasteiger partial charge in [0.2, 0.25) is 0 Å². The summed E-state index contributed by atoms with van der Waals surface area (Å²) in [6, 6.07) is 9.22. The Morgan fingerprint density at radius 1 is 0.704 bits per heavy atom. The van der Waals surface area contributed by atoms with Crippen LogP contribution in [0.25, 0.3) is 0 Å². The molecule has 0 spiro atoms. The Morgan fingerprint density at radius 2 is 1.04 bits per heavy atom. The van der Waals surface area contributed by atoms with Gasteiger partial charge >= 0.3 is 0 Å². The molecule has 2 fully saturated rings. The van der Waals surface area contributed by atoms with Gasteiger partial charge in [0.15, 0.2) is 0 Å². The second-order valence-corrected chi connectivity index (χ2v) is 18.4. The zero-order chi connectivity index (χ0) is 17.2. The van der Waals surface area contributed by atoms with Gasteiger partial charge in [-0.05, 0) is 26.7 Å². The van der Waals surface area contributed by atoms with Crippen LogP contribution in [0.4, 0.5) is 0 Å². The third-order valence-corrected chi connectivity index (χ3v) is 18.4. The van der Waals surface area contributed by atoms with Gasteiger partial charge in [-0.1, -0.05) is 109 Å². The molecule has 0 aromatic rings. The second-order valence-electron chi connectivity index (χ2n) is 8.68. The standard InChI is InChI=1S/2C11H18Si.2ClH.Hf/c2*1-3-12(7-4-8-12)11-6-5-10(2)9-11;;;/h2*6,9H,3-5,7-8H2,1-2H3;2*1H;/p-2. The second kappa shape index (κ2) is 11.9. The first-order chi connectivity index (χ1) is 11.5. The van der Waals surface area contributed by atoms with E-state index in [9.17, 15) is 0 Å². The fourth-order valence-corrected chi connectivity index (χ4v) is 12.9. The molecule has 0 nitrogen and oxygen atoms in total. The molecule has 152 valence electrons. The van der Waals surface area contributed by atoms with Crippen LogP contribution in [0.5, 0.6) is 0 Å². The van der Waals surface area contributed by atoms with Gasteiger partial charge < -0.3 is 24.8 Å². The van der Waals surface area contributed by atoms with Crippen LogP contribution in [0, 0.1) is 0 Å². The van der Waals surface area contributed by atoms with Crippen LogP contribution in [0.2, 0.25) is 36.3 Å². The Labute approximate surface area is 201 Å². The molecule has 0 saturated carbocycles. The predicted molar refractivity (Wildman–Crippen MR) is 114 cm³/mol. The van der Waals surface area contributed by atoms with E-state index in [-0.39, 0.29) is 50.7 Å². The van der Waals surface area contributed by atoms with Crippen molar-refractivity contribution in [3.05, 3.63) is 45.8 Å². The van der Waals surface area contributed by atoms with Gasteiger partial charge in [-0.15, -0.1) is 0 Å². The number of hydrogen-bond acceptors (Lipinski definition) is 0. The summed E-state index contributed by atoms with van der Waals surface area (Å²) in [6.07, 6.45) is 15.5. The first kappa shape index (κ1) is 27.8. The zero-order valence-corrected chi connectivity index (χ0v) is 24.7. The largest absolute Gasteiger partial charge is 1.00 e. The zero-order valence-electron chi connectivity index (χ0n) is 17.6. The molecule has 0 bridgehead atoms. The summed E-state index contributed by atoms with van der Waals surface area (Å²) in [6.45, 7) is 9.32. The molecule has 0 radical (unpaired) electrons. The number of allylic oxidation sites excluding steroid dienone is 8. The summed E-state index contributed by atoms with van der Waals surface area (Å²) in [7, 11) is -1.68. The van der Waals surface area contributed by atoms with Gasteiger partial charge in [-0.3, -0.25) is 0 Å². The molecule has 5 heteroatoms. The van der Waals surface area contributed by atoms with Crippen LogP contribution < -0.4 is 24.8 Å². The summed E-state index contributed by atoms with van der Waals surface area (Å²) < 4.78 is 0. The third-order valence-electron chi connectivity index (χ3n) is 7.29. The van der Waals surface area contributed by atoms with Gasteiger partial charge in [-0.25, -0.2) is 0 Å². The number of halogens is 2. The molecule has 2 aliphatic carbocycles. The molecule has 4 aliphatic rings. The molecule has 27 heavy (non-hydrogen) atoms. The van der Waals surface area contributed by atoms with Crippen molar-refractivity contribution >= 4 is 16.1 Å². The van der Waals surface area contributed by atoms with Crippen molar-refractivity contribution < 1.29 is 50.7 Å². The van der Waals surface area contributed by atoms with Crippen molar-refractivity contribution in [2.45, 2.75) is 89.6 Å². The quantitative estimate of drug-likeness (QED) is 0.425. The topological polar surface area (TPSA) is 0 Å². The van der Waals surface area contributed by atoms with Crippen LogP contribution in [-0.2, 0) is 25.8 Å². The van der Waals surface area contributed by atoms with Gasteiger partial charge in [0.1, 0.15) is 0 Å². The van der Waals surface area contributed by atoms with E-state index in [0.29, 0.717) is 0 Å². The normalized spacial score (nSPS) is 23.3. The SMILES string of the molecule is CC[Si]1(C2=CCC(C)=C2)CCC1.CC[Si]1(C2=CCC(C)=C2)CCC1.[Cl-].[Cl-].[Hf]. The summed E-state index contributed by atoms with van der Waals surface area (Å²) in [5.41, 5.74) is 3.16. The maximum absolute atomic E-state index is 2.50. The maximum Gasteiger partial charge on any atom is 0.0860 e. The van der Waals surface area contributed by atoms with Crippen LogP contribution in [-0.4, -0.2) is 16.1 Å². The summed E-state index contributed by atoms with van der Waals surface area (Å²) in [5, 5.41) is 3.57. The number of hydrogen-bond donors (Lipinski definition) is 0. The minimum Gasteiger partial charge on any atom is -1.00 e. The van der Waals surface area contributed by atoms with E-state index < -0.39 is 16.1 Å². The van der Waals surface area contributed by atoms with Crippen molar-refractivity contribution in [2.75, 3.05) is 0 Å². The molecule has 2 saturated heterocycles. The monoisotopic (exact) mass is 606 g/mol. The molecular weight excluding hydrogens is 570 g/mol. The molecule has 0 aromatic heterocycles. The number of rotatable bonds is 4. The van der Waals surface area contributed by atoms with Gasteiger partial charge in [-0.2, -0.15) is 0 Å². The average Bonchev–Trinajstić information content (AvgIpc) is 3.09.